The minimum Gasteiger partial charge on any atom is -0.397 e. The van der Waals surface area contributed by atoms with Crippen molar-refractivity contribution in [3.63, 3.8) is 0 Å². The zero-order valence-electron chi connectivity index (χ0n) is 13.3. The molecule has 0 radical (unpaired) electrons. The van der Waals surface area contributed by atoms with Crippen LogP contribution >= 0.6 is 0 Å². The molecule has 0 saturated heterocycles. The quantitative estimate of drug-likeness (QED) is 0.718. The van der Waals surface area contributed by atoms with Crippen molar-refractivity contribution in [3.8, 4) is 0 Å². The fourth-order valence-corrected chi connectivity index (χ4v) is 2.84. The highest BCUT2D eigenvalue weighted by Crippen LogP contribution is 2.30. The number of nitrogens with two attached hydrogens (primary N) is 1. The van der Waals surface area contributed by atoms with Crippen LogP contribution in [-0.2, 0) is 13.5 Å². The van der Waals surface area contributed by atoms with Crippen molar-refractivity contribution in [1.29, 1.82) is 0 Å². The molecule has 22 heavy (non-hydrogen) atoms. The van der Waals surface area contributed by atoms with Crippen molar-refractivity contribution in [2.24, 2.45) is 7.05 Å². The maximum Gasteiger partial charge on any atom is 0.0704 e. The predicted octanol–water partition coefficient (Wildman–Crippen LogP) is 3.89. The van der Waals surface area contributed by atoms with Crippen LogP contribution in [-0.4, -0.2) is 9.78 Å². The minimum absolute atomic E-state index is 0.194. The molecule has 0 saturated carbocycles. The zero-order chi connectivity index (χ0) is 15.7. The highest BCUT2D eigenvalue weighted by molar-refractivity contribution is 5.91. The van der Waals surface area contributed by atoms with Crippen molar-refractivity contribution in [1.82, 2.24) is 9.78 Å². The minimum atomic E-state index is 0.194. The van der Waals surface area contributed by atoms with Crippen molar-refractivity contribution in [2.45, 2.75) is 26.3 Å². The molecule has 0 aliphatic carbocycles. The molecule has 4 nitrogen and oxygen atoms in total. The van der Waals surface area contributed by atoms with Gasteiger partial charge in [0.25, 0.3) is 0 Å². The van der Waals surface area contributed by atoms with Gasteiger partial charge in [0.2, 0.25) is 0 Å². The van der Waals surface area contributed by atoms with Gasteiger partial charge in [-0.05, 0) is 31.0 Å². The van der Waals surface area contributed by atoms with E-state index in [-0.39, 0.29) is 6.04 Å². The first-order chi connectivity index (χ1) is 10.6. The summed E-state index contributed by atoms with van der Waals surface area (Å²) in [5.41, 5.74) is 11.4. The molecule has 4 heteroatoms. The van der Waals surface area contributed by atoms with Crippen molar-refractivity contribution in [2.75, 3.05) is 11.1 Å². The lowest BCUT2D eigenvalue weighted by Gasteiger charge is -2.17. The standard InChI is InChI=1S/C18H22N4/c1-4-16-14-10-15(19)17(11-18(14)22(3)21-16)20-12(2)13-8-6-5-7-9-13/h5-12,20H,4,19H2,1-3H3/t12-/m0/s1. The van der Waals surface area contributed by atoms with Gasteiger partial charge in [0.1, 0.15) is 0 Å². The number of nitrogens with one attached hydrogen (secondary N) is 1. The second-order valence-electron chi connectivity index (χ2n) is 5.66. The topological polar surface area (TPSA) is 55.9 Å². The summed E-state index contributed by atoms with van der Waals surface area (Å²) in [6.07, 6.45) is 0.907. The molecule has 1 aromatic heterocycles. The molecule has 0 unspecified atom stereocenters. The SMILES string of the molecule is CCc1nn(C)c2cc(N[C@@H](C)c3ccccc3)c(N)cc12. The van der Waals surface area contributed by atoms with E-state index in [0.29, 0.717) is 0 Å². The Morgan fingerprint density at radius 1 is 1.23 bits per heavy atom. The number of aromatic nitrogens is 2. The van der Waals surface area contributed by atoms with Crippen LogP contribution in [0.15, 0.2) is 42.5 Å². The largest absolute Gasteiger partial charge is 0.397 e. The molecule has 3 N–H and O–H groups in total. The Balaban J connectivity index is 1.97. The van der Waals surface area contributed by atoms with Crippen LogP contribution in [0.3, 0.4) is 0 Å². The molecule has 1 heterocycles. The fourth-order valence-electron chi connectivity index (χ4n) is 2.84. The van der Waals surface area contributed by atoms with Gasteiger partial charge in [0, 0.05) is 18.5 Å². The molecule has 114 valence electrons. The van der Waals surface area contributed by atoms with Crippen LogP contribution in [0.1, 0.15) is 31.1 Å². The smallest absolute Gasteiger partial charge is 0.0704 e. The van der Waals surface area contributed by atoms with Gasteiger partial charge in [-0.25, -0.2) is 0 Å². The van der Waals surface area contributed by atoms with Crippen LogP contribution in [0.25, 0.3) is 10.9 Å². The predicted molar refractivity (Wildman–Crippen MR) is 93.0 cm³/mol. The maximum absolute atomic E-state index is 6.25. The van der Waals surface area contributed by atoms with Gasteiger partial charge in [0.15, 0.2) is 0 Å². The molecule has 1 atom stereocenters. The average molecular weight is 294 g/mol. The first-order valence-corrected chi connectivity index (χ1v) is 7.66. The van der Waals surface area contributed by atoms with E-state index >= 15 is 0 Å². The third kappa shape index (κ3) is 2.52. The molecule has 3 aromatic rings. The van der Waals surface area contributed by atoms with Gasteiger partial charge in [-0.2, -0.15) is 5.10 Å². The zero-order valence-corrected chi connectivity index (χ0v) is 13.3. The average Bonchev–Trinajstić information content (AvgIpc) is 2.84. The van der Waals surface area contributed by atoms with Crippen LogP contribution in [0, 0.1) is 0 Å². The highest BCUT2D eigenvalue weighted by atomic mass is 15.3. The lowest BCUT2D eigenvalue weighted by atomic mass is 10.1. The lowest BCUT2D eigenvalue weighted by molar-refractivity contribution is 0.770. The van der Waals surface area contributed by atoms with E-state index in [1.54, 1.807) is 0 Å². The normalized spacial score (nSPS) is 12.5. The Kier molecular flexibility index (Phi) is 3.75. The van der Waals surface area contributed by atoms with E-state index in [9.17, 15) is 0 Å². The van der Waals surface area contributed by atoms with Crippen LogP contribution in [0.5, 0.6) is 0 Å². The number of hydrogen-bond donors (Lipinski definition) is 2. The third-order valence-corrected chi connectivity index (χ3v) is 4.10. The van der Waals surface area contributed by atoms with E-state index in [1.165, 1.54) is 5.56 Å². The molecular weight excluding hydrogens is 272 g/mol. The molecule has 0 aliphatic heterocycles. The Bertz CT molecular complexity index is 790. The Morgan fingerprint density at radius 2 is 1.95 bits per heavy atom. The molecule has 0 fully saturated rings. The summed E-state index contributed by atoms with van der Waals surface area (Å²) in [5, 5.41) is 9.21. The maximum atomic E-state index is 6.25. The number of benzene rings is 2. The van der Waals surface area contributed by atoms with E-state index < -0.39 is 0 Å². The molecule has 0 amide bonds. The summed E-state index contributed by atoms with van der Waals surface area (Å²) in [6.45, 7) is 4.25. The first kappa shape index (κ1) is 14.4. The van der Waals surface area contributed by atoms with Crippen LogP contribution < -0.4 is 11.1 Å². The van der Waals surface area contributed by atoms with Gasteiger partial charge in [-0.1, -0.05) is 37.3 Å². The summed E-state index contributed by atoms with van der Waals surface area (Å²) >= 11 is 0. The number of nitrogen functional groups attached to an aromatic ring is 1. The second kappa shape index (κ2) is 5.72. The van der Waals surface area contributed by atoms with Crippen LogP contribution in [0.2, 0.25) is 0 Å². The van der Waals surface area contributed by atoms with E-state index in [4.69, 9.17) is 5.73 Å². The summed E-state index contributed by atoms with van der Waals surface area (Å²) in [7, 11) is 1.97. The lowest BCUT2D eigenvalue weighted by Crippen LogP contribution is -2.08. The van der Waals surface area contributed by atoms with Gasteiger partial charge >= 0.3 is 0 Å². The Labute approximate surface area is 130 Å². The summed E-state index contributed by atoms with van der Waals surface area (Å²) in [6, 6.07) is 14.7. The number of nitrogens with zero attached hydrogens (tertiary/aromatic N) is 2. The fraction of sp³-hybridized carbons (Fsp3) is 0.278. The monoisotopic (exact) mass is 294 g/mol. The second-order valence-corrected chi connectivity index (χ2v) is 5.66. The summed E-state index contributed by atoms with van der Waals surface area (Å²) in [4.78, 5) is 0. The van der Waals surface area contributed by atoms with Crippen molar-refractivity contribution < 1.29 is 0 Å². The molecule has 0 aliphatic rings. The van der Waals surface area contributed by atoms with Crippen molar-refractivity contribution in [3.05, 3.63) is 53.7 Å². The Morgan fingerprint density at radius 3 is 2.64 bits per heavy atom. The molecule has 3 rings (SSSR count). The molecular formula is C18H22N4. The molecule has 0 bridgehead atoms. The Hall–Kier alpha value is -2.49. The van der Waals surface area contributed by atoms with Gasteiger partial charge < -0.3 is 11.1 Å². The molecule has 0 spiro atoms. The highest BCUT2D eigenvalue weighted by Gasteiger charge is 2.12. The number of rotatable bonds is 4. The number of anilines is 2. The number of hydrogen-bond acceptors (Lipinski definition) is 3. The van der Waals surface area contributed by atoms with Gasteiger partial charge in [-0.3, -0.25) is 4.68 Å². The molecule has 2 aromatic carbocycles. The summed E-state index contributed by atoms with van der Waals surface area (Å²) < 4.78 is 1.92. The first-order valence-electron chi connectivity index (χ1n) is 7.66. The summed E-state index contributed by atoms with van der Waals surface area (Å²) in [5.74, 6) is 0. The number of fused-ring (bicyclic) bond motifs is 1. The van der Waals surface area contributed by atoms with Gasteiger partial charge in [0.05, 0.1) is 22.6 Å². The van der Waals surface area contributed by atoms with E-state index in [2.05, 4.69) is 54.6 Å². The third-order valence-electron chi connectivity index (χ3n) is 4.10. The van der Waals surface area contributed by atoms with Crippen LogP contribution in [0.4, 0.5) is 11.4 Å². The van der Waals surface area contributed by atoms with Gasteiger partial charge in [-0.15, -0.1) is 0 Å². The number of aryl methyl sites for hydroxylation is 2. The van der Waals surface area contributed by atoms with E-state index in [0.717, 1.165) is 34.4 Å². The van der Waals surface area contributed by atoms with Crippen molar-refractivity contribution >= 4 is 22.3 Å². The van der Waals surface area contributed by atoms with E-state index in [1.807, 2.05) is 23.9 Å².